The molecule has 1 aliphatic rings. The van der Waals surface area contributed by atoms with Gasteiger partial charge in [0.1, 0.15) is 6.10 Å². The molecule has 0 saturated carbocycles. The van der Waals surface area contributed by atoms with Crippen LogP contribution in [0, 0.1) is 6.92 Å². The van der Waals surface area contributed by atoms with E-state index in [9.17, 15) is 9.90 Å². The predicted molar refractivity (Wildman–Crippen MR) is 99.2 cm³/mol. The molecule has 0 unspecified atom stereocenters. The van der Waals surface area contributed by atoms with Crippen molar-refractivity contribution in [2.45, 2.75) is 19.1 Å². The van der Waals surface area contributed by atoms with Crippen LogP contribution in [0.15, 0.2) is 30.3 Å². The minimum absolute atomic E-state index is 0.0513. The van der Waals surface area contributed by atoms with Crippen LogP contribution in [-0.2, 0) is 4.74 Å². The van der Waals surface area contributed by atoms with Gasteiger partial charge < -0.3 is 24.2 Å². The summed E-state index contributed by atoms with van der Waals surface area (Å²) < 4.78 is 16.4. The van der Waals surface area contributed by atoms with E-state index in [1.807, 2.05) is 31.2 Å². The second-order valence-corrected chi connectivity index (χ2v) is 7.35. The van der Waals surface area contributed by atoms with Gasteiger partial charge in [-0.2, -0.15) is 0 Å². The van der Waals surface area contributed by atoms with Crippen LogP contribution in [0.1, 0.15) is 26.2 Å². The number of thiophene rings is 1. The van der Waals surface area contributed by atoms with Crippen LogP contribution in [0.2, 0.25) is 0 Å². The van der Waals surface area contributed by atoms with Gasteiger partial charge in [0.15, 0.2) is 11.5 Å². The zero-order chi connectivity index (χ0) is 18.7. The van der Waals surface area contributed by atoms with E-state index in [2.05, 4.69) is 0 Å². The number of carbonyl (C=O) groups excluding carboxylic acids is 1. The number of hydrogen-bond donors (Lipinski definition) is 1. The molecule has 7 heteroatoms. The molecule has 0 spiro atoms. The summed E-state index contributed by atoms with van der Waals surface area (Å²) in [5, 5.41) is 9.81. The van der Waals surface area contributed by atoms with Crippen LogP contribution in [0.3, 0.4) is 0 Å². The molecule has 26 heavy (non-hydrogen) atoms. The number of hydrogen-bond acceptors (Lipinski definition) is 6. The number of methoxy groups -OCH3 is 2. The van der Waals surface area contributed by atoms with Crippen molar-refractivity contribution in [2.24, 2.45) is 0 Å². The minimum atomic E-state index is -0.494. The van der Waals surface area contributed by atoms with E-state index in [0.717, 1.165) is 10.4 Å². The highest BCUT2D eigenvalue weighted by molar-refractivity contribution is 7.13. The first-order chi connectivity index (χ1) is 12.6. The van der Waals surface area contributed by atoms with Crippen LogP contribution < -0.4 is 9.47 Å². The number of nitrogens with zero attached hydrogens (tertiary/aromatic N) is 1. The number of aryl methyl sites for hydroxylation is 1. The van der Waals surface area contributed by atoms with Crippen molar-refractivity contribution in [1.29, 1.82) is 0 Å². The summed E-state index contributed by atoms with van der Waals surface area (Å²) in [6.07, 6.45) is -0.494. The van der Waals surface area contributed by atoms with Gasteiger partial charge in [0, 0.05) is 11.4 Å². The molecule has 0 bridgehead atoms. The largest absolute Gasteiger partial charge is 0.493 e. The van der Waals surface area contributed by atoms with Gasteiger partial charge in [-0.3, -0.25) is 4.79 Å². The van der Waals surface area contributed by atoms with Crippen LogP contribution in [0.4, 0.5) is 0 Å². The third-order valence-electron chi connectivity index (χ3n) is 4.49. The molecule has 3 rings (SSSR count). The van der Waals surface area contributed by atoms with Crippen molar-refractivity contribution in [1.82, 2.24) is 4.90 Å². The first-order valence-electron chi connectivity index (χ1n) is 8.40. The average molecular weight is 377 g/mol. The fourth-order valence-corrected chi connectivity index (χ4v) is 4.06. The molecular weight excluding hydrogens is 354 g/mol. The molecule has 6 nitrogen and oxygen atoms in total. The van der Waals surface area contributed by atoms with Crippen molar-refractivity contribution in [3.63, 3.8) is 0 Å². The molecule has 1 aromatic carbocycles. The molecule has 1 aromatic heterocycles. The monoisotopic (exact) mass is 377 g/mol. The van der Waals surface area contributed by atoms with E-state index in [-0.39, 0.29) is 12.5 Å². The van der Waals surface area contributed by atoms with Gasteiger partial charge in [0.05, 0.1) is 38.4 Å². The Morgan fingerprint density at radius 3 is 2.65 bits per heavy atom. The van der Waals surface area contributed by atoms with E-state index in [4.69, 9.17) is 14.2 Å². The smallest absolute Gasteiger partial charge is 0.264 e. The Labute approximate surface area is 156 Å². The molecule has 2 atom stereocenters. The Kier molecular flexibility index (Phi) is 5.80. The topological polar surface area (TPSA) is 68.2 Å². The van der Waals surface area contributed by atoms with Gasteiger partial charge in [-0.15, -0.1) is 11.3 Å². The predicted octanol–water partition coefficient (Wildman–Crippen LogP) is 2.65. The maximum atomic E-state index is 13.1. The summed E-state index contributed by atoms with van der Waals surface area (Å²) in [5.74, 6) is 1.14. The van der Waals surface area contributed by atoms with Crippen molar-refractivity contribution in [3.05, 3.63) is 45.6 Å². The number of morpholine rings is 1. The highest BCUT2D eigenvalue weighted by Gasteiger charge is 2.37. The number of rotatable bonds is 5. The van der Waals surface area contributed by atoms with Gasteiger partial charge in [0.2, 0.25) is 0 Å². The zero-order valence-electron chi connectivity index (χ0n) is 15.1. The third-order valence-corrected chi connectivity index (χ3v) is 5.48. The van der Waals surface area contributed by atoms with Crippen LogP contribution >= 0.6 is 11.3 Å². The average Bonchev–Trinajstić information content (AvgIpc) is 3.12. The van der Waals surface area contributed by atoms with Gasteiger partial charge >= 0.3 is 0 Å². The summed E-state index contributed by atoms with van der Waals surface area (Å²) >= 11 is 1.47. The molecule has 2 aromatic rings. The van der Waals surface area contributed by atoms with E-state index >= 15 is 0 Å². The maximum Gasteiger partial charge on any atom is 0.264 e. The Bertz CT molecular complexity index is 775. The number of aliphatic hydroxyl groups excluding tert-OH is 1. The van der Waals surface area contributed by atoms with Crippen LogP contribution in [0.25, 0.3) is 0 Å². The molecule has 1 aliphatic heterocycles. The second kappa shape index (κ2) is 8.07. The van der Waals surface area contributed by atoms with E-state index in [0.29, 0.717) is 29.5 Å². The first-order valence-corrected chi connectivity index (χ1v) is 9.22. The van der Waals surface area contributed by atoms with Gasteiger partial charge in [-0.25, -0.2) is 0 Å². The van der Waals surface area contributed by atoms with E-state index in [1.54, 1.807) is 25.2 Å². The van der Waals surface area contributed by atoms with Crippen molar-refractivity contribution in [2.75, 3.05) is 34.0 Å². The number of benzene rings is 1. The van der Waals surface area contributed by atoms with Gasteiger partial charge in [-0.05, 0) is 36.8 Å². The molecule has 1 N–H and O–H groups in total. The summed E-state index contributed by atoms with van der Waals surface area (Å²) in [4.78, 5) is 16.6. The normalized spacial score (nSPS) is 20.1. The fourth-order valence-electron chi connectivity index (χ4n) is 3.24. The lowest BCUT2D eigenvalue weighted by molar-refractivity contribution is -0.0810. The first kappa shape index (κ1) is 18.7. The number of ether oxygens (including phenoxy) is 3. The summed E-state index contributed by atoms with van der Waals surface area (Å²) in [6.45, 7) is 2.66. The van der Waals surface area contributed by atoms with Gasteiger partial charge in [0.25, 0.3) is 5.91 Å². The Balaban J connectivity index is 1.99. The lowest BCUT2D eigenvalue weighted by Gasteiger charge is -2.40. The van der Waals surface area contributed by atoms with Crippen LogP contribution in [-0.4, -0.2) is 56.0 Å². The molecule has 140 valence electrons. The maximum absolute atomic E-state index is 13.1. The molecule has 1 saturated heterocycles. The lowest BCUT2D eigenvalue weighted by Crippen LogP contribution is -2.49. The van der Waals surface area contributed by atoms with Crippen molar-refractivity contribution >= 4 is 17.2 Å². The Morgan fingerprint density at radius 1 is 1.27 bits per heavy atom. The molecule has 0 aliphatic carbocycles. The quantitative estimate of drug-likeness (QED) is 0.868. The fraction of sp³-hybridized carbons (Fsp3) is 0.421. The molecule has 1 amide bonds. The number of carbonyl (C=O) groups is 1. The zero-order valence-corrected chi connectivity index (χ0v) is 15.9. The lowest BCUT2D eigenvalue weighted by atomic mass is 9.97. The summed E-state index contributed by atoms with van der Waals surface area (Å²) in [6, 6.07) is 8.90. The molecular formula is C19H23NO5S. The third kappa shape index (κ3) is 3.56. The van der Waals surface area contributed by atoms with E-state index < -0.39 is 12.1 Å². The molecule has 1 fully saturated rings. The second-order valence-electron chi connectivity index (χ2n) is 6.06. The standard InChI is InChI=1S/C19H23NO5S/c1-12-4-7-17(26-12)19(22)20-8-9-25-16(11-21)18(20)13-5-6-14(23-2)15(10-13)24-3/h4-7,10,16,18,21H,8-9,11H2,1-3H3/t16-,18-/m1/s1. The highest BCUT2D eigenvalue weighted by atomic mass is 32.1. The number of amides is 1. The Morgan fingerprint density at radius 2 is 2.04 bits per heavy atom. The SMILES string of the molecule is COc1ccc([C@@H]2[C@@H](CO)OCCN2C(=O)c2ccc(C)s2)cc1OC. The van der Waals surface area contributed by atoms with Gasteiger partial charge in [-0.1, -0.05) is 6.07 Å². The van der Waals surface area contributed by atoms with Crippen molar-refractivity contribution in [3.8, 4) is 11.5 Å². The van der Waals surface area contributed by atoms with Crippen molar-refractivity contribution < 1.29 is 24.1 Å². The van der Waals surface area contributed by atoms with Crippen LogP contribution in [0.5, 0.6) is 11.5 Å². The van der Waals surface area contributed by atoms with E-state index in [1.165, 1.54) is 11.3 Å². The molecule has 0 radical (unpaired) electrons. The molecule has 2 heterocycles. The summed E-state index contributed by atoms with van der Waals surface area (Å²) in [7, 11) is 3.15. The number of aliphatic hydroxyl groups is 1. The minimum Gasteiger partial charge on any atom is -0.493 e. The summed E-state index contributed by atoms with van der Waals surface area (Å²) in [5.41, 5.74) is 0.836. The highest BCUT2D eigenvalue weighted by Crippen LogP contribution is 2.36. The Hall–Kier alpha value is -2.09.